The molecule has 5 heteroatoms. The molecule has 0 fully saturated rings. The highest BCUT2D eigenvalue weighted by atomic mass is 32.2. The lowest BCUT2D eigenvalue weighted by Gasteiger charge is -2.08. The van der Waals surface area contributed by atoms with Gasteiger partial charge in [0.25, 0.3) is 0 Å². The van der Waals surface area contributed by atoms with Crippen LogP contribution in [0, 0.1) is 0 Å². The van der Waals surface area contributed by atoms with Crippen molar-refractivity contribution in [1.29, 1.82) is 0 Å². The molecule has 0 spiro atoms. The van der Waals surface area contributed by atoms with Gasteiger partial charge >= 0.3 is 0 Å². The Labute approximate surface area is 167 Å². The van der Waals surface area contributed by atoms with E-state index in [0.29, 0.717) is 5.13 Å². The van der Waals surface area contributed by atoms with E-state index in [1.807, 2.05) is 0 Å². The molecule has 0 bridgehead atoms. The van der Waals surface area contributed by atoms with Gasteiger partial charge in [-0.05, 0) is 24.0 Å². The van der Waals surface area contributed by atoms with Crippen LogP contribution in [-0.2, 0) is 12.2 Å². The Hall–Kier alpha value is -1.07. The molecule has 0 aliphatic carbocycles. The van der Waals surface area contributed by atoms with Crippen LogP contribution in [0.3, 0.4) is 0 Å². The molecule has 1 heterocycles. The van der Waals surface area contributed by atoms with Crippen LogP contribution < -0.4 is 5.73 Å². The van der Waals surface area contributed by atoms with Gasteiger partial charge in [0.1, 0.15) is 0 Å². The van der Waals surface area contributed by atoms with E-state index in [2.05, 4.69) is 41.4 Å². The number of benzene rings is 1. The first-order chi connectivity index (χ1) is 12.8. The maximum absolute atomic E-state index is 5.65. The smallest absolute Gasteiger partial charge is 0.203 e. The first kappa shape index (κ1) is 21.2. The first-order valence-electron chi connectivity index (χ1n) is 10.1. The average molecular weight is 392 g/mol. The van der Waals surface area contributed by atoms with Gasteiger partial charge in [0.15, 0.2) is 4.34 Å². The fourth-order valence-electron chi connectivity index (χ4n) is 3.16. The summed E-state index contributed by atoms with van der Waals surface area (Å²) in [6.07, 6.45) is 15.1. The van der Waals surface area contributed by atoms with Crippen molar-refractivity contribution in [2.24, 2.45) is 0 Å². The lowest BCUT2D eigenvalue weighted by atomic mass is 10.0. The molecule has 0 saturated heterocycles. The third-order valence-corrected chi connectivity index (χ3v) is 6.63. The molecule has 2 rings (SSSR count). The van der Waals surface area contributed by atoms with Crippen LogP contribution in [0.15, 0.2) is 28.6 Å². The maximum Gasteiger partial charge on any atom is 0.203 e. The predicted molar refractivity (Wildman–Crippen MR) is 116 cm³/mol. The second kappa shape index (κ2) is 13.2. The molecule has 2 aromatic rings. The fraction of sp³-hybridized carbons (Fsp3) is 0.619. The molecule has 0 aliphatic rings. The van der Waals surface area contributed by atoms with Crippen LogP contribution in [0.2, 0.25) is 0 Å². The number of anilines is 1. The summed E-state index contributed by atoms with van der Waals surface area (Å²) in [7, 11) is 0. The molecular formula is C21H33N3S2. The van der Waals surface area contributed by atoms with E-state index in [1.54, 1.807) is 11.8 Å². The van der Waals surface area contributed by atoms with Crippen molar-refractivity contribution in [3.63, 3.8) is 0 Å². The highest BCUT2D eigenvalue weighted by Gasteiger charge is 2.06. The summed E-state index contributed by atoms with van der Waals surface area (Å²) >= 11 is 3.20. The quantitative estimate of drug-likeness (QED) is 0.282. The zero-order valence-electron chi connectivity index (χ0n) is 16.1. The number of unbranched alkanes of at least 4 members (excludes halogenated alkanes) is 9. The molecule has 1 aromatic carbocycles. The van der Waals surface area contributed by atoms with E-state index in [1.165, 1.54) is 93.1 Å². The topological polar surface area (TPSA) is 51.8 Å². The highest BCUT2D eigenvalue weighted by Crippen LogP contribution is 2.28. The molecule has 1 aromatic heterocycles. The van der Waals surface area contributed by atoms with Crippen LogP contribution in [-0.4, -0.2) is 10.2 Å². The molecule has 0 radical (unpaired) electrons. The Kier molecular flexibility index (Phi) is 10.7. The molecular weight excluding hydrogens is 358 g/mol. The molecule has 26 heavy (non-hydrogen) atoms. The van der Waals surface area contributed by atoms with Gasteiger partial charge < -0.3 is 5.73 Å². The molecule has 3 nitrogen and oxygen atoms in total. The van der Waals surface area contributed by atoms with Gasteiger partial charge in [-0.2, -0.15) is 0 Å². The Morgan fingerprint density at radius 2 is 1.46 bits per heavy atom. The van der Waals surface area contributed by atoms with Gasteiger partial charge in [-0.15, -0.1) is 10.2 Å². The number of nitrogens with two attached hydrogens (primary N) is 1. The zero-order chi connectivity index (χ0) is 18.5. The molecule has 0 amide bonds. The molecule has 0 aliphatic heterocycles. The Bertz CT molecular complexity index is 613. The van der Waals surface area contributed by atoms with Gasteiger partial charge in [-0.1, -0.05) is 112 Å². The molecule has 2 N–H and O–H groups in total. The van der Waals surface area contributed by atoms with Crippen LogP contribution in [0.5, 0.6) is 0 Å². The second-order valence-electron chi connectivity index (χ2n) is 6.90. The van der Waals surface area contributed by atoms with Gasteiger partial charge in [0.2, 0.25) is 5.13 Å². The number of aromatic nitrogens is 2. The molecule has 0 saturated carbocycles. The summed E-state index contributed by atoms with van der Waals surface area (Å²) in [6, 6.07) is 8.80. The van der Waals surface area contributed by atoms with Crippen molar-refractivity contribution < 1.29 is 0 Å². The summed E-state index contributed by atoms with van der Waals surface area (Å²) in [4.78, 5) is 0. The van der Waals surface area contributed by atoms with Crippen molar-refractivity contribution in [3.05, 3.63) is 35.4 Å². The van der Waals surface area contributed by atoms with Crippen molar-refractivity contribution in [1.82, 2.24) is 10.2 Å². The van der Waals surface area contributed by atoms with Gasteiger partial charge in [0.05, 0.1) is 0 Å². The number of nitrogen functional groups attached to an aromatic ring is 1. The fourth-order valence-corrected chi connectivity index (χ4v) is 4.83. The average Bonchev–Trinajstić information content (AvgIpc) is 3.07. The number of hydrogen-bond donors (Lipinski definition) is 1. The molecule has 0 unspecified atom stereocenters. The number of thioether (sulfide) groups is 1. The van der Waals surface area contributed by atoms with E-state index in [0.717, 1.165) is 10.1 Å². The number of hydrogen-bond acceptors (Lipinski definition) is 5. The molecule has 0 atom stereocenters. The normalized spacial score (nSPS) is 11.1. The van der Waals surface area contributed by atoms with Crippen molar-refractivity contribution in [3.8, 4) is 0 Å². The number of nitrogens with zero attached hydrogens (tertiary/aromatic N) is 2. The standard InChI is InChI=1S/C21H33N3S2/c1-2-3-4-5-6-7-8-9-10-11-14-18-15-12-13-16-19(18)17-25-21-24-23-20(22)26-21/h12-13,15-16H,2-11,14,17H2,1H3,(H2,22,23). The first-order valence-corrected chi connectivity index (χ1v) is 11.9. The summed E-state index contributed by atoms with van der Waals surface area (Å²) in [5, 5.41) is 8.52. The van der Waals surface area contributed by atoms with Crippen LogP contribution in [0.25, 0.3) is 0 Å². The predicted octanol–water partition coefficient (Wildman–Crippen LogP) is 6.88. The summed E-state index contributed by atoms with van der Waals surface area (Å²) < 4.78 is 0.955. The lowest BCUT2D eigenvalue weighted by molar-refractivity contribution is 0.556. The van der Waals surface area contributed by atoms with E-state index in [4.69, 9.17) is 5.73 Å². The van der Waals surface area contributed by atoms with Crippen LogP contribution >= 0.6 is 23.1 Å². The van der Waals surface area contributed by atoms with Crippen molar-refractivity contribution >= 4 is 28.2 Å². The van der Waals surface area contributed by atoms with E-state index < -0.39 is 0 Å². The van der Waals surface area contributed by atoms with E-state index in [9.17, 15) is 0 Å². The second-order valence-corrected chi connectivity index (χ2v) is 9.13. The molecule has 144 valence electrons. The van der Waals surface area contributed by atoms with E-state index >= 15 is 0 Å². The number of aryl methyl sites for hydroxylation is 1. The SMILES string of the molecule is CCCCCCCCCCCCc1ccccc1CSc1nnc(N)s1. The van der Waals surface area contributed by atoms with Gasteiger partial charge in [-0.25, -0.2) is 0 Å². The minimum absolute atomic E-state index is 0.547. The van der Waals surface area contributed by atoms with Crippen molar-refractivity contribution in [2.45, 2.75) is 87.6 Å². The number of rotatable bonds is 14. The van der Waals surface area contributed by atoms with E-state index in [-0.39, 0.29) is 0 Å². The van der Waals surface area contributed by atoms with Crippen LogP contribution in [0.1, 0.15) is 82.3 Å². The van der Waals surface area contributed by atoms with Crippen LogP contribution in [0.4, 0.5) is 5.13 Å². The zero-order valence-corrected chi connectivity index (χ0v) is 17.7. The summed E-state index contributed by atoms with van der Waals surface area (Å²) in [6.45, 7) is 2.28. The Morgan fingerprint density at radius 1 is 0.846 bits per heavy atom. The largest absolute Gasteiger partial charge is 0.374 e. The monoisotopic (exact) mass is 391 g/mol. The van der Waals surface area contributed by atoms with Gasteiger partial charge in [-0.3, -0.25) is 0 Å². The maximum atomic E-state index is 5.65. The van der Waals surface area contributed by atoms with Gasteiger partial charge in [0, 0.05) is 5.75 Å². The third-order valence-electron chi connectivity index (χ3n) is 4.69. The van der Waals surface area contributed by atoms with Crippen molar-refractivity contribution in [2.75, 3.05) is 5.73 Å². The minimum Gasteiger partial charge on any atom is -0.374 e. The summed E-state index contributed by atoms with van der Waals surface area (Å²) in [5.41, 5.74) is 8.56. The highest BCUT2D eigenvalue weighted by molar-refractivity contribution is 8.00. The minimum atomic E-state index is 0.547. The Morgan fingerprint density at radius 3 is 2.08 bits per heavy atom. The Balaban J connectivity index is 1.60. The summed E-state index contributed by atoms with van der Waals surface area (Å²) in [5.74, 6) is 0.947. The lowest BCUT2D eigenvalue weighted by Crippen LogP contribution is -1.93. The third kappa shape index (κ3) is 8.54.